The molecule has 2 saturated heterocycles. The summed E-state index contributed by atoms with van der Waals surface area (Å²) < 4.78 is 43.7. The number of rotatable bonds is 4. The van der Waals surface area contributed by atoms with Gasteiger partial charge in [0.15, 0.2) is 0 Å². The highest BCUT2D eigenvalue weighted by atomic mass is 19.4. The Morgan fingerprint density at radius 3 is 2.53 bits per heavy atom. The molecule has 1 amide bonds. The van der Waals surface area contributed by atoms with Crippen LogP contribution in [0.5, 0.6) is 5.75 Å². The minimum absolute atomic E-state index is 0.0491. The first kappa shape index (κ1) is 23.4. The zero-order valence-electron chi connectivity index (χ0n) is 16.8. The maximum absolute atomic E-state index is 12.6. The van der Waals surface area contributed by atoms with Crippen molar-refractivity contribution in [3.05, 3.63) is 48.8 Å². The summed E-state index contributed by atoms with van der Waals surface area (Å²) in [5.41, 5.74) is 0.394. The van der Waals surface area contributed by atoms with Gasteiger partial charge >= 0.3 is 12.1 Å². The number of hydrogen-bond donors (Lipinski definition) is 1. The molecule has 2 aromatic rings. The van der Waals surface area contributed by atoms with Crippen molar-refractivity contribution in [2.45, 2.75) is 43.7 Å². The highest BCUT2D eigenvalue weighted by Crippen LogP contribution is 2.32. The van der Waals surface area contributed by atoms with E-state index in [9.17, 15) is 18.0 Å². The number of pyridine rings is 1. The molecule has 4 heterocycles. The fraction of sp³-hybridized carbons (Fsp3) is 0.450. The minimum atomic E-state index is -5.08. The number of amides is 1. The van der Waals surface area contributed by atoms with Gasteiger partial charge in [-0.15, -0.1) is 0 Å². The topological polar surface area (TPSA) is 115 Å². The lowest BCUT2D eigenvalue weighted by Crippen LogP contribution is -2.46. The number of hydrogen-bond acceptors (Lipinski definition) is 7. The summed E-state index contributed by atoms with van der Waals surface area (Å²) in [6.07, 6.45) is 5.71. The maximum Gasteiger partial charge on any atom is 0.490 e. The summed E-state index contributed by atoms with van der Waals surface area (Å²) in [5.74, 6) is -2.07. The standard InChI is InChI=1S/C18H20N4O3.C2HF3O2/c23-18(15-11-20-7-8-21-15)22-9-5-17-16(22)4-3-14(25-17)12-24-13-2-1-6-19-10-13;3-2(4,5)1(6)7/h1-2,6-8,10-11,14,16-17H,3-5,9,12H2;(H,6,7)/t14-,16+,17+;/m1./s1. The van der Waals surface area contributed by atoms with E-state index in [2.05, 4.69) is 15.0 Å². The third-order valence-electron chi connectivity index (χ3n) is 4.99. The number of alkyl halides is 3. The molecule has 172 valence electrons. The van der Waals surface area contributed by atoms with Crippen molar-refractivity contribution in [3.8, 4) is 5.75 Å². The van der Waals surface area contributed by atoms with Crippen molar-refractivity contribution in [3.63, 3.8) is 0 Å². The molecule has 3 atom stereocenters. The van der Waals surface area contributed by atoms with Gasteiger partial charge in [-0.2, -0.15) is 13.2 Å². The molecule has 2 aromatic heterocycles. The third-order valence-corrected chi connectivity index (χ3v) is 4.99. The van der Waals surface area contributed by atoms with Gasteiger partial charge in [0.1, 0.15) is 18.1 Å². The Hall–Kier alpha value is -3.28. The van der Waals surface area contributed by atoms with Crippen molar-refractivity contribution in [2.75, 3.05) is 13.2 Å². The molecular formula is C20H21F3N4O5. The summed E-state index contributed by atoms with van der Waals surface area (Å²) in [6.45, 7) is 1.20. The second-order valence-electron chi connectivity index (χ2n) is 7.12. The lowest BCUT2D eigenvalue weighted by atomic mass is 9.99. The van der Waals surface area contributed by atoms with Gasteiger partial charge in [0.05, 0.1) is 30.6 Å². The number of carboxylic acids is 1. The summed E-state index contributed by atoms with van der Waals surface area (Å²) in [7, 11) is 0. The molecule has 0 aromatic carbocycles. The Bertz CT molecular complexity index is 901. The SMILES string of the molecule is O=C(O)C(F)(F)F.O=C(c1cnccn1)N1CC[C@@H]2O[C@@H](COc3cccnc3)CC[C@@H]21. The van der Waals surface area contributed by atoms with Crippen molar-refractivity contribution in [2.24, 2.45) is 0 Å². The Balaban J connectivity index is 0.000000360. The average molecular weight is 454 g/mol. The lowest BCUT2D eigenvalue weighted by molar-refractivity contribution is -0.192. The van der Waals surface area contributed by atoms with Crippen LogP contribution in [0.25, 0.3) is 0 Å². The van der Waals surface area contributed by atoms with Crippen molar-refractivity contribution in [1.82, 2.24) is 19.9 Å². The van der Waals surface area contributed by atoms with Crippen LogP contribution in [0, 0.1) is 0 Å². The highest BCUT2D eigenvalue weighted by Gasteiger charge is 2.42. The number of carboxylic acid groups (broad SMARTS) is 1. The number of aromatic nitrogens is 3. The fourth-order valence-corrected chi connectivity index (χ4v) is 3.55. The first-order valence-electron chi connectivity index (χ1n) is 9.81. The number of carbonyl (C=O) groups is 2. The second kappa shape index (κ2) is 10.4. The molecule has 4 rings (SSSR count). The van der Waals surface area contributed by atoms with E-state index in [-0.39, 0.29) is 24.2 Å². The van der Waals surface area contributed by atoms with E-state index in [1.54, 1.807) is 24.8 Å². The zero-order valence-corrected chi connectivity index (χ0v) is 16.8. The third kappa shape index (κ3) is 6.13. The van der Waals surface area contributed by atoms with E-state index in [0.717, 1.165) is 25.0 Å². The molecule has 0 bridgehead atoms. The Morgan fingerprint density at radius 2 is 1.91 bits per heavy atom. The predicted octanol–water partition coefficient (Wildman–Crippen LogP) is 2.35. The van der Waals surface area contributed by atoms with E-state index in [4.69, 9.17) is 19.4 Å². The summed E-state index contributed by atoms with van der Waals surface area (Å²) in [4.78, 5) is 35.5. The van der Waals surface area contributed by atoms with Gasteiger partial charge in [0.25, 0.3) is 5.91 Å². The first-order chi connectivity index (χ1) is 15.3. The van der Waals surface area contributed by atoms with E-state index in [1.807, 2.05) is 17.0 Å². The van der Waals surface area contributed by atoms with Crippen LogP contribution in [-0.4, -0.2) is 74.4 Å². The molecule has 2 fully saturated rings. The minimum Gasteiger partial charge on any atom is -0.489 e. The number of fused-ring (bicyclic) bond motifs is 1. The van der Waals surface area contributed by atoms with Crippen LogP contribution in [0.4, 0.5) is 13.2 Å². The molecular weight excluding hydrogens is 433 g/mol. The predicted molar refractivity (Wildman–Crippen MR) is 103 cm³/mol. The molecule has 0 radical (unpaired) electrons. The molecule has 12 heteroatoms. The highest BCUT2D eigenvalue weighted by molar-refractivity contribution is 5.92. The smallest absolute Gasteiger partial charge is 0.489 e. The Morgan fingerprint density at radius 1 is 1.16 bits per heavy atom. The monoisotopic (exact) mass is 454 g/mol. The van der Waals surface area contributed by atoms with Gasteiger partial charge in [-0.25, -0.2) is 9.78 Å². The van der Waals surface area contributed by atoms with Gasteiger partial charge < -0.3 is 19.5 Å². The van der Waals surface area contributed by atoms with E-state index >= 15 is 0 Å². The van der Waals surface area contributed by atoms with Crippen LogP contribution in [0.15, 0.2) is 43.1 Å². The number of halogens is 3. The molecule has 0 aliphatic carbocycles. The largest absolute Gasteiger partial charge is 0.490 e. The number of aliphatic carboxylic acids is 1. The first-order valence-corrected chi connectivity index (χ1v) is 9.81. The molecule has 0 spiro atoms. The Kier molecular flexibility index (Phi) is 7.57. The van der Waals surface area contributed by atoms with Crippen molar-refractivity contribution < 1.29 is 37.3 Å². The Labute approximate surface area is 181 Å². The molecule has 2 aliphatic heterocycles. The molecule has 1 N–H and O–H groups in total. The van der Waals surface area contributed by atoms with Crippen LogP contribution >= 0.6 is 0 Å². The summed E-state index contributed by atoms with van der Waals surface area (Å²) in [6, 6.07) is 3.85. The van der Waals surface area contributed by atoms with Crippen molar-refractivity contribution in [1.29, 1.82) is 0 Å². The molecule has 9 nitrogen and oxygen atoms in total. The maximum atomic E-state index is 12.6. The van der Waals surface area contributed by atoms with Crippen molar-refractivity contribution >= 4 is 11.9 Å². The number of carbonyl (C=O) groups excluding carboxylic acids is 1. The normalized spacial score (nSPS) is 22.3. The average Bonchev–Trinajstić information content (AvgIpc) is 3.21. The van der Waals surface area contributed by atoms with Gasteiger partial charge in [-0.05, 0) is 31.4 Å². The van der Waals surface area contributed by atoms with Gasteiger partial charge in [-0.3, -0.25) is 14.8 Å². The fourth-order valence-electron chi connectivity index (χ4n) is 3.55. The summed E-state index contributed by atoms with van der Waals surface area (Å²) in [5, 5.41) is 7.12. The summed E-state index contributed by atoms with van der Waals surface area (Å²) >= 11 is 0. The lowest BCUT2D eigenvalue weighted by Gasteiger charge is -2.35. The van der Waals surface area contributed by atoms with E-state index < -0.39 is 12.1 Å². The number of ether oxygens (including phenoxy) is 2. The molecule has 0 unspecified atom stereocenters. The number of nitrogens with zero attached hydrogens (tertiary/aromatic N) is 4. The number of likely N-dealkylation sites (tertiary alicyclic amines) is 1. The van der Waals surface area contributed by atoms with E-state index in [1.165, 1.54) is 6.20 Å². The second-order valence-corrected chi connectivity index (χ2v) is 7.12. The van der Waals surface area contributed by atoms with Crippen LogP contribution in [0.2, 0.25) is 0 Å². The molecule has 2 aliphatic rings. The van der Waals surface area contributed by atoms with Crippen LogP contribution in [0.3, 0.4) is 0 Å². The zero-order chi connectivity index (χ0) is 23.1. The van der Waals surface area contributed by atoms with Gasteiger partial charge in [0.2, 0.25) is 0 Å². The van der Waals surface area contributed by atoms with Crippen LogP contribution in [-0.2, 0) is 9.53 Å². The molecule has 0 saturated carbocycles. The van der Waals surface area contributed by atoms with Crippen LogP contribution < -0.4 is 4.74 Å². The molecule has 32 heavy (non-hydrogen) atoms. The van der Waals surface area contributed by atoms with Gasteiger partial charge in [0, 0.05) is 25.1 Å². The van der Waals surface area contributed by atoms with Gasteiger partial charge in [-0.1, -0.05) is 0 Å². The van der Waals surface area contributed by atoms with E-state index in [0.29, 0.717) is 18.8 Å². The van der Waals surface area contributed by atoms with Crippen LogP contribution in [0.1, 0.15) is 29.8 Å². The quantitative estimate of drug-likeness (QED) is 0.749.